The molecule has 0 saturated carbocycles. The van der Waals surface area contributed by atoms with Crippen LogP contribution in [0.4, 0.5) is 0 Å². The van der Waals surface area contributed by atoms with Crippen molar-refractivity contribution >= 4 is 65.4 Å². The Bertz CT molecular complexity index is 3080. The van der Waals surface area contributed by atoms with Gasteiger partial charge < -0.3 is 8.83 Å². The molecule has 0 aliphatic heterocycles. The van der Waals surface area contributed by atoms with Crippen molar-refractivity contribution < 1.29 is 8.83 Å². The average Bonchev–Trinajstić information content (AvgIpc) is 3.77. The summed E-state index contributed by atoms with van der Waals surface area (Å²) in [4.78, 5) is 10.5. The van der Waals surface area contributed by atoms with Crippen LogP contribution in [-0.2, 0) is 0 Å². The van der Waals surface area contributed by atoms with Crippen LogP contribution in [0, 0.1) is 0 Å². The van der Waals surface area contributed by atoms with E-state index in [1.54, 1.807) is 0 Å². The summed E-state index contributed by atoms with van der Waals surface area (Å²) in [6.07, 6.45) is 0. The van der Waals surface area contributed by atoms with Gasteiger partial charge in [-0.3, -0.25) is 0 Å². The highest BCUT2D eigenvalue weighted by Gasteiger charge is 2.24. The van der Waals surface area contributed by atoms with E-state index in [2.05, 4.69) is 115 Å². The first-order valence-corrected chi connectivity index (χ1v) is 16.8. The molecule has 50 heavy (non-hydrogen) atoms. The fraction of sp³-hybridized carbons (Fsp3) is 0. The smallest absolute Gasteiger partial charge is 0.164 e. The summed E-state index contributed by atoms with van der Waals surface area (Å²) in [5.41, 5.74) is 10.0. The quantitative estimate of drug-likeness (QED) is 0.180. The number of hydrogen-bond donors (Lipinski definition) is 0. The van der Waals surface area contributed by atoms with Gasteiger partial charge in [0.2, 0.25) is 0 Å². The molecule has 0 radical (unpaired) electrons. The molecule has 3 aromatic heterocycles. The van der Waals surface area contributed by atoms with E-state index in [-0.39, 0.29) is 0 Å². The number of para-hydroxylation sites is 1. The van der Waals surface area contributed by atoms with Crippen molar-refractivity contribution in [2.75, 3.05) is 0 Å². The van der Waals surface area contributed by atoms with Crippen molar-refractivity contribution in [3.05, 3.63) is 158 Å². The zero-order valence-electron chi connectivity index (χ0n) is 26.7. The third-order valence-corrected chi connectivity index (χ3v) is 10.1. The summed E-state index contributed by atoms with van der Waals surface area (Å²) in [7, 11) is 0. The Morgan fingerprint density at radius 3 is 1.60 bits per heavy atom. The van der Waals surface area contributed by atoms with Gasteiger partial charge >= 0.3 is 0 Å². The van der Waals surface area contributed by atoms with E-state index < -0.39 is 0 Å². The predicted molar refractivity (Wildman–Crippen MR) is 205 cm³/mol. The molecule has 4 nitrogen and oxygen atoms in total. The minimum absolute atomic E-state index is 0.610. The Labute approximate surface area is 286 Å². The van der Waals surface area contributed by atoms with E-state index in [1.165, 1.54) is 16.2 Å². The predicted octanol–water partition coefficient (Wildman–Crippen LogP) is 12.7. The van der Waals surface area contributed by atoms with Crippen molar-refractivity contribution in [2.24, 2.45) is 0 Å². The molecule has 0 spiro atoms. The van der Waals surface area contributed by atoms with Crippen LogP contribution in [-0.4, -0.2) is 9.97 Å². The number of benzene rings is 8. The van der Waals surface area contributed by atoms with E-state index in [0.717, 1.165) is 88.5 Å². The molecule has 0 unspecified atom stereocenters. The average molecular weight is 639 g/mol. The largest absolute Gasteiger partial charge is 0.456 e. The second-order valence-corrected chi connectivity index (χ2v) is 12.9. The van der Waals surface area contributed by atoms with Crippen molar-refractivity contribution in [3.63, 3.8) is 0 Å². The molecule has 11 rings (SSSR count). The monoisotopic (exact) mass is 638 g/mol. The third-order valence-electron chi connectivity index (χ3n) is 10.1. The normalized spacial score (nSPS) is 12.0. The molecule has 0 bridgehead atoms. The van der Waals surface area contributed by atoms with Crippen molar-refractivity contribution in [2.45, 2.75) is 0 Å². The highest BCUT2D eigenvalue weighted by atomic mass is 16.3. The molecule has 0 N–H and O–H groups in total. The first-order chi connectivity index (χ1) is 24.8. The Hall–Kier alpha value is -6.78. The molecule has 3 heterocycles. The molecule has 0 aliphatic carbocycles. The number of aromatic nitrogens is 2. The van der Waals surface area contributed by atoms with Crippen LogP contribution in [0.3, 0.4) is 0 Å². The lowest BCUT2D eigenvalue weighted by molar-refractivity contribution is 0.669. The summed E-state index contributed by atoms with van der Waals surface area (Å²) in [5.74, 6) is 0.610. The van der Waals surface area contributed by atoms with Crippen molar-refractivity contribution in [1.29, 1.82) is 0 Å². The van der Waals surface area contributed by atoms with Crippen molar-refractivity contribution in [3.8, 4) is 45.0 Å². The van der Waals surface area contributed by atoms with Gasteiger partial charge in [-0.1, -0.05) is 121 Å². The second-order valence-electron chi connectivity index (χ2n) is 12.9. The standard InChI is InChI=1S/C46H26N2O2/c1-3-11-27(12-4-1)30-21-22-35-31-15-7-8-16-32(31)36-23-24-37(45-43(36)42(35)44(30)50-45)46-47-38(28-13-5-2-6-14-28)26-39(48-46)29-19-20-34-33-17-9-10-18-40(33)49-41(34)25-29/h1-26H. The summed E-state index contributed by atoms with van der Waals surface area (Å²) in [6, 6.07) is 54.7. The molecule has 0 fully saturated rings. The molecule has 0 atom stereocenters. The first kappa shape index (κ1) is 27.2. The molecule has 11 aromatic rings. The second kappa shape index (κ2) is 10.4. The third kappa shape index (κ3) is 3.93. The molecule has 0 saturated heterocycles. The van der Waals surface area contributed by atoms with Gasteiger partial charge in [0.05, 0.1) is 17.0 Å². The fourth-order valence-corrected chi connectivity index (χ4v) is 7.76. The van der Waals surface area contributed by atoms with Gasteiger partial charge in [-0.15, -0.1) is 0 Å². The van der Waals surface area contributed by atoms with Gasteiger partial charge in [0.25, 0.3) is 0 Å². The Morgan fingerprint density at radius 1 is 0.340 bits per heavy atom. The number of hydrogen-bond acceptors (Lipinski definition) is 4. The van der Waals surface area contributed by atoms with Gasteiger partial charge in [-0.05, 0) is 63.5 Å². The minimum Gasteiger partial charge on any atom is -0.456 e. The van der Waals surface area contributed by atoms with E-state index >= 15 is 0 Å². The van der Waals surface area contributed by atoms with Gasteiger partial charge in [0, 0.05) is 38.2 Å². The molecule has 8 aromatic carbocycles. The lowest BCUT2D eigenvalue weighted by atomic mass is 9.91. The molecule has 232 valence electrons. The Kier molecular flexibility index (Phi) is 5.63. The van der Waals surface area contributed by atoms with Gasteiger partial charge in [0.15, 0.2) is 5.82 Å². The maximum Gasteiger partial charge on any atom is 0.164 e. The van der Waals surface area contributed by atoms with E-state index in [9.17, 15) is 0 Å². The summed E-state index contributed by atoms with van der Waals surface area (Å²) < 4.78 is 13.3. The van der Waals surface area contributed by atoms with Gasteiger partial charge in [-0.2, -0.15) is 0 Å². The molecule has 0 aliphatic rings. The van der Waals surface area contributed by atoms with Crippen molar-refractivity contribution in [1.82, 2.24) is 9.97 Å². The maximum absolute atomic E-state index is 7.04. The highest BCUT2D eigenvalue weighted by Crippen LogP contribution is 2.48. The summed E-state index contributed by atoms with van der Waals surface area (Å²) in [6.45, 7) is 0. The molecule has 0 amide bonds. The molecule has 4 heteroatoms. The number of fused-ring (bicyclic) bond motifs is 6. The van der Waals surface area contributed by atoms with Gasteiger partial charge in [0.1, 0.15) is 22.3 Å². The molecular weight excluding hydrogens is 613 g/mol. The lowest BCUT2D eigenvalue weighted by Gasteiger charge is -2.12. The highest BCUT2D eigenvalue weighted by molar-refractivity contribution is 6.35. The van der Waals surface area contributed by atoms with Crippen LogP contribution < -0.4 is 0 Å². The Balaban J connectivity index is 1.21. The number of nitrogens with zero attached hydrogens (tertiary/aromatic N) is 2. The number of rotatable bonds is 4. The maximum atomic E-state index is 7.04. The van der Waals surface area contributed by atoms with Crippen LogP contribution in [0.1, 0.15) is 0 Å². The van der Waals surface area contributed by atoms with Crippen LogP contribution in [0.2, 0.25) is 0 Å². The molecular formula is C46H26N2O2. The van der Waals surface area contributed by atoms with Crippen LogP contribution in [0.15, 0.2) is 167 Å². The van der Waals surface area contributed by atoms with Gasteiger partial charge in [-0.25, -0.2) is 9.97 Å². The van der Waals surface area contributed by atoms with Crippen LogP contribution in [0.25, 0.3) is 110 Å². The Morgan fingerprint density at radius 2 is 0.880 bits per heavy atom. The van der Waals surface area contributed by atoms with E-state index in [4.69, 9.17) is 18.8 Å². The first-order valence-electron chi connectivity index (χ1n) is 16.8. The van der Waals surface area contributed by atoms with Crippen LogP contribution in [0.5, 0.6) is 0 Å². The van der Waals surface area contributed by atoms with E-state index in [1.807, 2.05) is 42.5 Å². The minimum atomic E-state index is 0.610. The van der Waals surface area contributed by atoms with Crippen LogP contribution >= 0.6 is 0 Å². The number of furan rings is 2. The zero-order valence-corrected chi connectivity index (χ0v) is 26.7. The fourth-order valence-electron chi connectivity index (χ4n) is 7.76. The SMILES string of the molecule is c1ccc(-c2cc(-c3ccc4c(c3)oc3ccccc34)nc(-c3ccc4c5ccccc5c5ccc(-c6ccccc6)c6oc3c4c65)n2)cc1. The summed E-state index contributed by atoms with van der Waals surface area (Å²) >= 11 is 0. The lowest BCUT2D eigenvalue weighted by Crippen LogP contribution is -1.96. The summed E-state index contributed by atoms with van der Waals surface area (Å²) in [5, 5.41) is 9.17. The van der Waals surface area contributed by atoms with E-state index in [0.29, 0.717) is 5.82 Å². The zero-order chi connectivity index (χ0) is 32.8. The topological polar surface area (TPSA) is 52.1 Å².